The first-order valence-electron chi connectivity index (χ1n) is 1.72. The van der Waals surface area contributed by atoms with Crippen LogP contribution in [0.3, 0.4) is 0 Å². The Morgan fingerprint density at radius 2 is 2.50 bits per heavy atom. The molecule has 32 valence electrons. The molecule has 1 aliphatic rings. The van der Waals surface area contributed by atoms with Crippen molar-refractivity contribution >= 4 is 44.1 Å². The van der Waals surface area contributed by atoms with Crippen LogP contribution in [-0.4, -0.2) is 57.2 Å². The fraction of sp³-hybridized carbons (Fsp3) is 0.667. The van der Waals surface area contributed by atoms with Gasteiger partial charge in [0.2, 0.25) is 0 Å². The van der Waals surface area contributed by atoms with E-state index in [0.717, 1.165) is 13.1 Å². The summed E-state index contributed by atoms with van der Waals surface area (Å²) in [6.45, 7) is 1.99. The number of rotatable bonds is 0. The molecule has 0 radical (unpaired) electrons. The molecule has 0 amide bonds. The van der Waals surface area contributed by atoms with E-state index >= 15 is 0 Å². The first-order chi connectivity index (χ1) is 2.50. The summed E-state index contributed by atoms with van der Waals surface area (Å²) in [5.74, 6) is 0. The van der Waals surface area contributed by atoms with Gasteiger partial charge in [-0.1, -0.05) is 0 Å². The minimum absolute atomic E-state index is 0. The number of hydrogen-bond donors (Lipinski definition) is 1. The maximum absolute atomic E-state index is 3.85. The van der Waals surface area contributed by atoms with E-state index < -0.39 is 0 Å². The molecule has 0 atom stereocenters. The number of nitrogens with zero attached hydrogens (tertiary/aromatic N) is 1. The van der Waals surface area contributed by atoms with Crippen molar-refractivity contribution in [3.05, 3.63) is 0 Å². The van der Waals surface area contributed by atoms with Gasteiger partial charge in [-0.3, -0.25) is 4.99 Å². The number of hydrogen-bond acceptors (Lipinski definition) is 2. The molecule has 0 aromatic rings. The number of aliphatic imine (C=N–C) groups is 1. The van der Waals surface area contributed by atoms with Crippen molar-refractivity contribution < 1.29 is 0 Å². The average molecular weight is 112 g/mol. The van der Waals surface area contributed by atoms with Crippen molar-refractivity contribution in [1.29, 1.82) is 0 Å². The van der Waals surface area contributed by atoms with Gasteiger partial charge in [0.05, 0.1) is 12.9 Å². The zero-order chi connectivity index (χ0) is 3.54. The van der Waals surface area contributed by atoms with Crippen LogP contribution in [0.5, 0.6) is 0 Å². The summed E-state index contributed by atoms with van der Waals surface area (Å²) in [7, 11) is 0. The van der Waals surface area contributed by atoms with E-state index in [1.165, 1.54) is 0 Å². The SMILES string of the molecule is C1=NCCN1.[CaH2]. The molecule has 0 saturated carbocycles. The van der Waals surface area contributed by atoms with Crippen LogP contribution in [0.25, 0.3) is 0 Å². The Morgan fingerprint density at radius 3 is 2.67 bits per heavy atom. The Labute approximate surface area is 67.0 Å². The monoisotopic (exact) mass is 112 g/mol. The van der Waals surface area contributed by atoms with Crippen LogP contribution in [0.1, 0.15) is 0 Å². The van der Waals surface area contributed by atoms with Crippen LogP contribution in [-0.2, 0) is 0 Å². The minimum atomic E-state index is 0. The van der Waals surface area contributed by atoms with E-state index in [1.54, 1.807) is 6.34 Å². The normalized spacial score (nSPS) is 16.0. The van der Waals surface area contributed by atoms with E-state index in [-0.39, 0.29) is 37.7 Å². The van der Waals surface area contributed by atoms with Crippen LogP contribution < -0.4 is 5.32 Å². The average Bonchev–Trinajstić information content (AvgIpc) is 1.76. The third kappa shape index (κ3) is 2.00. The van der Waals surface area contributed by atoms with E-state index in [9.17, 15) is 0 Å². The second kappa shape index (κ2) is 3.90. The molecule has 0 fully saturated rings. The molecular weight excluding hydrogens is 104 g/mol. The van der Waals surface area contributed by atoms with Crippen LogP contribution in [0, 0.1) is 0 Å². The molecular formula is C3H8CaN2. The Balaban J connectivity index is 0.000000250. The van der Waals surface area contributed by atoms with Crippen molar-refractivity contribution in [2.45, 2.75) is 0 Å². The van der Waals surface area contributed by atoms with Crippen LogP contribution >= 0.6 is 0 Å². The van der Waals surface area contributed by atoms with Crippen molar-refractivity contribution in [3.63, 3.8) is 0 Å². The third-order valence-electron chi connectivity index (χ3n) is 0.568. The summed E-state index contributed by atoms with van der Waals surface area (Å²) in [6.07, 6.45) is 1.74. The third-order valence-corrected chi connectivity index (χ3v) is 0.568. The molecule has 0 aromatic heterocycles. The fourth-order valence-electron chi connectivity index (χ4n) is 0.323. The van der Waals surface area contributed by atoms with Gasteiger partial charge in [-0.25, -0.2) is 0 Å². The van der Waals surface area contributed by atoms with E-state index in [1.807, 2.05) is 0 Å². The van der Waals surface area contributed by atoms with Gasteiger partial charge in [0.25, 0.3) is 0 Å². The summed E-state index contributed by atoms with van der Waals surface area (Å²) in [4.78, 5) is 3.85. The number of nitrogens with one attached hydrogen (secondary N) is 1. The topological polar surface area (TPSA) is 24.4 Å². The zero-order valence-corrected chi connectivity index (χ0v) is 2.94. The molecule has 0 spiro atoms. The Bertz CT molecular complexity index is 46.8. The molecule has 1 N–H and O–H groups in total. The van der Waals surface area contributed by atoms with Gasteiger partial charge in [-0.15, -0.1) is 0 Å². The quantitative estimate of drug-likeness (QED) is 0.387. The summed E-state index contributed by atoms with van der Waals surface area (Å²) in [6, 6.07) is 0. The van der Waals surface area contributed by atoms with Gasteiger partial charge in [0.15, 0.2) is 0 Å². The predicted octanol–water partition coefficient (Wildman–Crippen LogP) is -1.30. The second-order valence-corrected chi connectivity index (χ2v) is 0.989. The molecule has 3 heteroatoms. The summed E-state index contributed by atoms with van der Waals surface area (Å²) >= 11 is 0. The molecule has 0 saturated heterocycles. The Hall–Kier alpha value is 0.730. The van der Waals surface area contributed by atoms with Gasteiger partial charge < -0.3 is 5.32 Å². The van der Waals surface area contributed by atoms with Gasteiger partial charge >= 0.3 is 37.7 Å². The Kier molecular flexibility index (Phi) is 4.38. The van der Waals surface area contributed by atoms with Crippen molar-refractivity contribution in [3.8, 4) is 0 Å². The molecule has 1 heterocycles. The second-order valence-electron chi connectivity index (χ2n) is 0.989. The molecule has 1 aliphatic heterocycles. The van der Waals surface area contributed by atoms with Gasteiger partial charge in [0, 0.05) is 6.54 Å². The van der Waals surface area contributed by atoms with Crippen molar-refractivity contribution in [2.24, 2.45) is 4.99 Å². The first-order valence-corrected chi connectivity index (χ1v) is 1.72. The summed E-state index contributed by atoms with van der Waals surface area (Å²) < 4.78 is 0. The summed E-state index contributed by atoms with van der Waals surface area (Å²) in [5, 5.41) is 2.93. The molecule has 0 unspecified atom stereocenters. The van der Waals surface area contributed by atoms with E-state index in [4.69, 9.17) is 0 Å². The molecule has 2 nitrogen and oxygen atoms in total. The molecule has 6 heavy (non-hydrogen) atoms. The van der Waals surface area contributed by atoms with Crippen LogP contribution in [0.4, 0.5) is 0 Å². The molecule has 0 aromatic carbocycles. The van der Waals surface area contributed by atoms with Gasteiger partial charge in [0.1, 0.15) is 0 Å². The Morgan fingerprint density at radius 1 is 1.67 bits per heavy atom. The molecule has 0 aliphatic carbocycles. The fourth-order valence-corrected chi connectivity index (χ4v) is 0.323. The predicted molar refractivity (Wildman–Crippen MR) is 29.9 cm³/mol. The van der Waals surface area contributed by atoms with E-state index in [0.29, 0.717) is 0 Å². The molecule has 0 bridgehead atoms. The van der Waals surface area contributed by atoms with Gasteiger partial charge in [-0.2, -0.15) is 0 Å². The zero-order valence-electron chi connectivity index (χ0n) is 2.94. The summed E-state index contributed by atoms with van der Waals surface area (Å²) in [5.41, 5.74) is 0. The van der Waals surface area contributed by atoms with Gasteiger partial charge in [-0.05, 0) is 0 Å². The maximum atomic E-state index is 3.85. The van der Waals surface area contributed by atoms with Crippen molar-refractivity contribution in [1.82, 2.24) is 5.32 Å². The van der Waals surface area contributed by atoms with Crippen LogP contribution in [0.2, 0.25) is 0 Å². The van der Waals surface area contributed by atoms with Crippen molar-refractivity contribution in [2.75, 3.05) is 13.1 Å². The standard InChI is InChI=1S/C3H6N2.Ca.2H/c1-2-5-3-4-1;;;/h3H,1-2H2,(H,4,5);;;. The van der Waals surface area contributed by atoms with Crippen LogP contribution in [0.15, 0.2) is 4.99 Å². The van der Waals surface area contributed by atoms with E-state index in [2.05, 4.69) is 10.3 Å². The molecule has 1 rings (SSSR count). The first kappa shape index (κ1) is 6.73.